The van der Waals surface area contributed by atoms with Crippen molar-refractivity contribution in [2.45, 2.75) is 38.2 Å². The molecule has 0 unspecified atom stereocenters. The molecule has 1 saturated carbocycles. The van der Waals surface area contributed by atoms with Crippen LogP contribution in [0.4, 0.5) is 0 Å². The number of carbonyl (C=O) groups is 3. The minimum absolute atomic E-state index is 0.0868. The highest BCUT2D eigenvalue weighted by Gasteiger charge is 2.23. The topological polar surface area (TPSA) is 69.7 Å². The van der Waals surface area contributed by atoms with Gasteiger partial charge in [-0.1, -0.05) is 18.6 Å². The van der Waals surface area contributed by atoms with Gasteiger partial charge in [-0.15, -0.1) is 0 Å². The Hall–Kier alpha value is -2.95. The third kappa shape index (κ3) is 4.36. The van der Waals surface area contributed by atoms with Crippen LogP contribution in [0.1, 0.15) is 63.2 Å². The molecule has 0 spiro atoms. The SMILES string of the molecule is O=Cc1ccc(OC(=O)c2ccccc2C(=O)OC2CCCCC2)cc1. The van der Waals surface area contributed by atoms with Crippen molar-refractivity contribution in [3.05, 3.63) is 65.2 Å². The first kappa shape index (κ1) is 17.9. The Balaban J connectivity index is 1.73. The summed E-state index contributed by atoms with van der Waals surface area (Å²) >= 11 is 0. The Morgan fingerprint density at radius 1 is 0.846 bits per heavy atom. The van der Waals surface area contributed by atoms with E-state index >= 15 is 0 Å². The van der Waals surface area contributed by atoms with Crippen molar-refractivity contribution in [3.63, 3.8) is 0 Å². The number of aldehydes is 1. The van der Waals surface area contributed by atoms with Gasteiger partial charge in [0.2, 0.25) is 0 Å². The molecule has 5 nitrogen and oxygen atoms in total. The minimum Gasteiger partial charge on any atom is -0.459 e. The van der Waals surface area contributed by atoms with Crippen LogP contribution in [0.15, 0.2) is 48.5 Å². The molecule has 0 saturated heterocycles. The average molecular weight is 352 g/mol. The summed E-state index contributed by atoms with van der Waals surface area (Å²) in [5.74, 6) is -0.836. The summed E-state index contributed by atoms with van der Waals surface area (Å²) in [7, 11) is 0. The highest BCUT2D eigenvalue weighted by molar-refractivity contribution is 6.03. The molecule has 0 bridgehead atoms. The number of rotatable bonds is 5. The third-order valence-electron chi connectivity index (χ3n) is 4.42. The van der Waals surface area contributed by atoms with Gasteiger partial charge in [-0.25, -0.2) is 9.59 Å². The third-order valence-corrected chi connectivity index (χ3v) is 4.42. The van der Waals surface area contributed by atoms with Gasteiger partial charge in [-0.05, 0) is 62.1 Å². The number of carbonyl (C=O) groups excluding carboxylic acids is 3. The lowest BCUT2D eigenvalue weighted by atomic mass is 9.97. The molecule has 1 aliphatic rings. The quantitative estimate of drug-likeness (QED) is 0.458. The summed E-state index contributed by atoms with van der Waals surface area (Å²) in [6, 6.07) is 12.6. The van der Waals surface area contributed by atoms with Crippen LogP contribution in [0.5, 0.6) is 5.75 Å². The molecular formula is C21H20O5. The first-order valence-electron chi connectivity index (χ1n) is 8.75. The van der Waals surface area contributed by atoms with E-state index in [0.29, 0.717) is 17.6 Å². The molecule has 0 heterocycles. The Morgan fingerprint density at radius 3 is 2.08 bits per heavy atom. The zero-order chi connectivity index (χ0) is 18.4. The maximum absolute atomic E-state index is 12.5. The van der Waals surface area contributed by atoms with Crippen LogP contribution < -0.4 is 4.74 Å². The summed E-state index contributed by atoms with van der Waals surface area (Å²) in [6.45, 7) is 0. The molecule has 0 amide bonds. The second-order valence-electron chi connectivity index (χ2n) is 6.29. The van der Waals surface area contributed by atoms with Crippen LogP contribution in [0.2, 0.25) is 0 Å². The molecule has 0 atom stereocenters. The van der Waals surface area contributed by atoms with E-state index in [1.54, 1.807) is 36.4 Å². The number of hydrogen-bond acceptors (Lipinski definition) is 5. The standard InChI is InChI=1S/C21H20O5/c22-14-15-10-12-17(13-11-15)26-21(24)19-9-5-4-8-18(19)20(23)25-16-6-2-1-3-7-16/h4-5,8-14,16H,1-3,6-7H2. The van der Waals surface area contributed by atoms with Crippen LogP contribution in [0.25, 0.3) is 0 Å². The number of benzene rings is 2. The summed E-state index contributed by atoms with van der Waals surface area (Å²) in [6.07, 6.45) is 5.62. The van der Waals surface area contributed by atoms with Crippen molar-refractivity contribution in [1.29, 1.82) is 0 Å². The average Bonchev–Trinajstić information content (AvgIpc) is 2.69. The fraction of sp³-hybridized carbons (Fsp3) is 0.286. The molecule has 0 aromatic heterocycles. The molecule has 1 fully saturated rings. The van der Waals surface area contributed by atoms with Gasteiger partial charge in [0.1, 0.15) is 18.1 Å². The molecule has 1 aliphatic carbocycles. The Kier molecular flexibility index (Phi) is 5.79. The Morgan fingerprint density at radius 2 is 1.46 bits per heavy atom. The maximum Gasteiger partial charge on any atom is 0.344 e. The van der Waals surface area contributed by atoms with Gasteiger partial charge in [0.25, 0.3) is 0 Å². The number of esters is 2. The van der Waals surface area contributed by atoms with Crippen molar-refractivity contribution >= 4 is 18.2 Å². The van der Waals surface area contributed by atoms with Crippen molar-refractivity contribution < 1.29 is 23.9 Å². The van der Waals surface area contributed by atoms with Crippen molar-refractivity contribution in [2.24, 2.45) is 0 Å². The highest BCUT2D eigenvalue weighted by Crippen LogP contribution is 2.23. The van der Waals surface area contributed by atoms with Crippen molar-refractivity contribution in [2.75, 3.05) is 0 Å². The molecule has 3 rings (SSSR count). The smallest absolute Gasteiger partial charge is 0.344 e. The van der Waals surface area contributed by atoms with Crippen molar-refractivity contribution in [1.82, 2.24) is 0 Å². The van der Waals surface area contributed by atoms with E-state index in [-0.39, 0.29) is 17.2 Å². The zero-order valence-corrected chi connectivity index (χ0v) is 14.4. The lowest BCUT2D eigenvalue weighted by Crippen LogP contribution is -2.23. The number of hydrogen-bond donors (Lipinski definition) is 0. The summed E-state index contributed by atoms with van der Waals surface area (Å²) in [5, 5.41) is 0. The second kappa shape index (κ2) is 8.43. The Labute approximate surface area is 151 Å². The monoisotopic (exact) mass is 352 g/mol. The summed E-state index contributed by atoms with van der Waals surface area (Å²) < 4.78 is 10.9. The Bertz CT molecular complexity index is 788. The van der Waals surface area contributed by atoms with Gasteiger partial charge in [0.15, 0.2) is 0 Å². The van der Waals surface area contributed by atoms with Gasteiger partial charge < -0.3 is 9.47 Å². The fourth-order valence-electron chi connectivity index (χ4n) is 3.01. The van der Waals surface area contributed by atoms with E-state index in [0.717, 1.165) is 25.7 Å². The fourth-order valence-corrected chi connectivity index (χ4v) is 3.01. The van der Waals surface area contributed by atoms with Crippen LogP contribution in [0.3, 0.4) is 0 Å². The van der Waals surface area contributed by atoms with E-state index < -0.39 is 11.9 Å². The molecule has 0 aliphatic heterocycles. The van der Waals surface area contributed by atoms with Crippen molar-refractivity contribution in [3.8, 4) is 5.75 Å². The van der Waals surface area contributed by atoms with Gasteiger partial charge in [0.05, 0.1) is 11.1 Å². The largest absolute Gasteiger partial charge is 0.459 e. The highest BCUT2D eigenvalue weighted by atomic mass is 16.5. The van der Waals surface area contributed by atoms with Crippen LogP contribution in [0, 0.1) is 0 Å². The summed E-state index contributed by atoms with van der Waals surface area (Å²) in [5.41, 5.74) is 0.849. The van der Waals surface area contributed by atoms with Gasteiger partial charge in [0, 0.05) is 5.56 Å². The molecule has 2 aromatic carbocycles. The van der Waals surface area contributed by atoms with E-state index in [2.05, 4.69) is 0 Å². The molecule has 0 radical (unpaired) electrons. The molecule has 0 N–H and O–H groups in total. The number of ether oxygens (including phenoxy) is 2. The van der Waals surface area contributed by atoms with Crippen LogP contribution >= 0.6 is 0 Å². The normalized spacial score (nSPS) is 14.5. The molecule has 2 aromatic rings. The van der Waals surface area contributed by atoms with Gasteiger partial charge in [-0.3, -0.25) is 4.79 Å². The van der Waals surface area contributed by atoms with E-state index in [1.165, 1.54) is 18.6 Å². The molecule has 134 valence electrons. The predicted octanol–water partition coefficient (Wildman–Crippen LogP) is 4.21. The predicted molar refractivity (Wildman–Crippen MR) is 95.5 cm³/mol. The molecule has 26 heavy (non-hydrogen) atoms. The van der Waals surface area contributed by atoms with Gasteiger partial charge in [-0.2, -0.15) is 0 Å². The first-order valence-corrected chi connectivity index (χ1v) is 8.75. The second-order valence-corrected chi connectivity index (χ2v) is 6.29. The zero-order valence-electron chi connectivity index (χ0n) is 14.4. The van der Waals surface area contributed by atoms with E-state index in [4.69, 9.17) is 9.47 Å². The van der Waals surface area contributed by atoms with Crippen LogP contribution in [-0.4, -0.2) is 24.3 Å². The van der Waals surface area contributed by atoms with E-state index in [1.807, 2.05) is 0 Å². The van der Waals surface area contributed by atoms with Crippen LogP contribution in [-0.2, 0) is 4.74 Å². The summed E-state index contributed by atoms with van der Waals surface area (Å²) in [4.78, 5) is 35.7. The lowest BCUT2D eigenvalue weighted by molar-refractivity contribution is 0.0207. The minimum atomic E-state index is -0.639. The lowest BCUT2D eigenvalue weighted by Gasteiger charge is -2.22. The first-order chi connectivity index (χ1) is 12.7. The maximum atomic E-state index is 12.5. The van der Waals surface area contributed by atoms with Gasteiger partial charge >= 0.3 is 11.9 Å². The van der Waals surface area contributed by atoms with E-state index in [9.17, 15) is 14.4 Å². The molecule has 5 heteroatoms. The molecular weight excluding hydrogens is 332 g/mol.